The Kier molecular flexibility index (Phi) is 3.32. The second kappa shape index (κ2) is 4.79. The molecule has 102 valence electrons. The maximum atomic E-state index is 13.4. The first kappa shape index (κ1) is 13.2. The van der Waals surface area contributed by atoms with Crippen LogP contribution < -0.4 is 10.5 Å². The maximum Gasteiger partial charge on any atom is 0.387 e. The summed E-state index contributed by atoms with van der Waals surface area (Å²) in [5.74, 6) is -0.570. The summed E-state index contributed by atoms with van der Waals surface area (Å²) in [6.07, 6.45) is 0. The van der Waals surface area contributed by atoms with Crippen LogP contribution in [0.3, 0.4) is 0 Å². The maximum absolute atomic E-state index is 13.4. The van der Waals surface area contributed by atoms with E-state index in [1.165, 1.54) is 4.68 Å². The van der Waals surface area contributed by atoms with Crippen molar-refractivity contribution in [2.75, 3.05) is 5.73 Å². The second-order valence-corrected chi connectivity index (χ2v) is 3.84. The van der Waals surface area contributed by atoms with Gasteiger partial charge in [-0.05, 0) is 13.8 Å². The molecule has 0 aliphatic rings. The van der Waals surface area contributed by atoms with E-state index >= 15 is 0 Å². The standard InChI is InChI=1S/C11H11F3N4O/c1-5-16-6(2)18(17-5)9-4-10(19-11(13)14)7(12)3-8(9)15/h3-4,11H,15H2,1-2H3. The van der Waals surface area contributed by atoms with Crippen LogP contribution >= 0.6 is 0 Å². The van der Waals surface area contributed by atoms with Gasteiger partial charge in [0.1, 0.15) is 11.6 Å². The lowest BCUT2D eigenvalue weighted by Crippen LogP contribution is -2.08. The van der Waals surface area contributed by atoms with Crippen LogP contribution in [-0.2, 0) is 0 Å². The first-order valence-corrected chi connectivity index (χ1v) is 5.33. The Hall–Kier alpha value is -2.25. The van der Waals surface area contributed by atoms with Gasteiger partial charge in [-0.1, -0.05) is 0 Å². The van der Waals surface area contributed by atoms with Crippen LogP contribution in [0, 0.1) is 19.7 Å². The predicted molar refractivity (Wildman–Crippen MR) is 61.8 cm³/mol. The molecule has 1 aromatic heterocycles. The zero-order chi connectivity index (χ0) is 14.2. The van der Waals surface area contributed by atoms with Gasteiger partial charge >= 0.3 is 6.61 Å². The van der Waals surface area contributed by atoms with Crippen molar-refractivity contribution in [1.29, 1.82) is 0 Å². The molecular weight excluding hydrogens is 261 g/mol. The van der Waals surface area contributed by atoms with E-state index in [0.29, 0.717) is 11.6 Å². The fourth-order valence-corrected chi connectivity index (χ4v) is 1.68. The average Bonchev–Trinajstić information content (AvgIpc) is 2.61. The van der Waals surface area contributed by atoms with Gasteiger partial charge in [-0.2, -0.15) is 13.9 Å². The molecule has 8 heteroatoms. The minimum Gasteiger partial charge on any atom is -0.432 e. The van der Waals surface area contributed by atoms with Crippen molar-refractivity contribution in [3.63, 3.8) is 0 Å². The number of benzene rings is 1. The van der Waals surface area contributed by atoms with Gasteiger partial charge in [-0.3, -0.25) is 0 Å². The van der Waals surface area contributed by atoms with Gasteiger partial charge in [-0.15, -0.1) is 0 Å². The average molecular weight is 272 g/mol. The number of alkyl halides is 2. The molecule has 0 saturated carbocycles. The Bertz CT molecular complexity index is 612. The Balaban J connectivity index is 2.54. The van der Waals surface area contributed by atoms with E-state index in [9.17, 15) is 13.2 Å². The van der Waals surface area contributed by atoms with Crippen molar-refractivity contribution in [3.05, 3.63) is 29.6 Å². The quantitative estimate of drug-likeness (QED) is 0.870. The molecule has 1 aromatic carbocycles. The Morgan fingerprint density at radius 1 is 1.32 bits per heavy atom. The van der Waals surface area contributed by atoms with Crippen molar-refractivity contribution < 1.29 is 17.9 Å². The number of nitrogens with zero attached hydrogens (tertiary/aromatic N) is 3. The number of halogens is 3. The normalized spacial score (nSPS) is 11.1. The molecule has 2 N–H and O–H groups in total. The number of aromatic nitrogens is 3. The fraction of sp³-hybridized carbons (Fsp3) is 0.273. The van der Waals surface area contributed by atoms with Crippen LogP contribution in [0.1, 0.15) is 11.6 Å². The van der Waals surface area contributed by atoms with Crippen molar-refractivity contribution in [2.24, 2.45) is 0 Å². The summed E-state index contributed by atoms with van der Waals surface area (Å²) in [6.45, 7) is 0.209. The molecule has 0 radical (unpaired) electrons. The first-order valence-electron chi connectivity index (χ1n) is 5.33. The van der Waals surface area contributed by atoms with Crippen molar-refractivity contribution in [3.8, 4) is 11.4 Å². The minimum absolute atomic E-state index is 0.0483. The third-order valence-electron chi connectivity index (χ3n) is 2.40. The van der Waals surface area contributed by atoms with Crippen LogP contribution in [0.15, 0.2) is 12.1 Å². The Morgan fingerprint density at radius 3 is 2.53 bits per heavy atom. The van der Waals surface area contributed by atoms with E-state index in [4.69, 9.17) is 5.73 Å². The largest absolute Gasteiger partial charge is 0.432 e. The summed E-state index contributed by atoms with van der Waals surface area (Å²) in [5.41, 5.74) is 5.94. The molecule has 2 rings (SSSR count). The topological polar surface area (TPSA) is 66.0 Å². The van der Waals surface area contributed by atoms with Gasteiger partial charge in [0, 0.05) is 12.1 Å². The molecule has 0 aliphatic carbocycles. The molecule has 0 aliphatic heterocycles. The molecule has 0 fully saturated rings. The van der Waals surface area contributed by atoms with Crippen LogP contribution in [0.2, 0.25) is 0 Å². The van der Waals surface area contributed by atoms with E-state index in [1.54, 1.807) is 13.8 Å². The number of nitrogens with two attached hydrogens (primary N) is 1. The highest BCUT2D eigenvalue weighted by atomic mass is 19.3. The van der Waals surface area contributed by atoms with Crippen molar-refractivity contribution in [1.82, 2.24) is 14.8 Å². The van der Waals surface area contributed by atoms with E-state index in [-0.39, 0.29) is 11.4 Å². The SMILES string of the molecule is Cc1nc(C)n(-c2cc(OC(F)F)c(F)cc2N)n1. The van der Waals surface area contributed by atoms with Gasteiger partial charge in [-0.25, -0.2) is 14.1 Å². The molecule has 19 heavy (non-hydrogen) atoms. The molecular formula is C11H11F3N4O. The van der Waals surface area contributed by atoms with Gasteiger partial charge < -0.3 is 10.5 Å². The highest BCUT2D eigenvalue weighted by Gasteiger charge is 2.16. The summed E-state index contributed by atoms with van der Waals surface area (Å²) >= 11 is 0. The van der Waals surface area contributed by atoms with E-state index in [1.807, 2.05) is 0 Å². The van der Waals surface area contributed by atoms with E-state index in [0.717, 1.165) is 12.1 Å². The van der Waals surface area contributed by atoms with E-state index < -0.39 is 18.2 Å². The third-order valence-corrected chi connectivity index (χ3v) is 2.40. The Morgan fingerprint density at radius 2 is 2.00 bits per heavy atom. The fourth-order valence-electron chi connectivity index (χ4n) is 1.68. The van der Waals surface area contributed by atoms with Gasteiger partial charge in [0.15, 0.2) is 11.6 Å². The number of ether oxygens (including phenoxy) is 1. The number of nitrogen functional groups attached to an aromatic ring is 1. The number of aryl methyl sites for hydroxylation is 2. The molecule has 0 saturated heterocycles. The molecule has 5 nitrogen and oxygen atoms in total. The molecule has 0 bridgehead atoms. The summed E-state index contributed by atoms with van der Waals surface area (Å²) < 4.78 is 43.2. The number of anilines is 1. The lowest BCUT2D eigenvalue weighted by atomic mass is 10.2. The van der Waals surface area contributed by atoms with Crippen LogP contribution in [-0.4, -0.2) is 21.4 Å². The third kappa shape index (κ3) is 2.61. The monoisotopic (exact) mass is 272 g/mol. The highest BCUT2D eigenvalue weighted by Crippen LogP contribution is 2.28. The molecule has 0 amide bonds. The van der Waals surface area contributed by atoms with Gasteiger partial charge in [0.05, 0.1) is 11.4 Å². The highest BCUT2D eigenvalue weighted by molar-refractivity contribution is 5.61. The lowest BCUT2D eigenvalue weighted by molar-refractivity contribution is -0.0521. The van der Waals surface area contributed by atoms with Gasteiger partial charge in [0.25, 0.3) is 0 Å². The Labute approximate surface area is 106 Å². The van der Waals surface area contributed by atoms with E-state index in [2.05, 4.69) is 14.8 Å². The van der Waals surface area contributed by atoms with Crippen LogP contribution in [0.25, 0.3) is 5.69 Å². The summed E-state index contributed by atoms with van der Waals surface area (Å²) in [5, 5.41) is 4.05. The first-order chi connectivity index (χ1) is 8.88. The lowest BCUT2D eigenvalue weighted by Gasteiger charge is -2.11. The number of hydrogen-bond acceptors (Lipinski definition) is 4. The van der Waals surface area contributed by atoms with Crippen LogP contribution in [0.5, 0.6) is 5.75 Å². The van der Waals surface area contributed by atoms with Crippen molar-refractivity contribution in [2.45, 2.75) is 20.5 Å². The summed E-state index contributed by atoms with van der Waals surface area (Å²) in [4.78, 5) is 4.06. The van der Waals surface area contributed by atoms with Crippen LogP contribution in [0.4, 0.5) is 18.9 Å². The predicted octanol–water partition coefficient (Wildman–Crippen LogP) is 2.21. The molecule has 0 atom stereocenters. The van der Waals surface area contributed by atoms with Gasteiger partial charge in [0.2, 0.25) is 0 Å². The molecule has 2 aromatic rings. The molecule has 0 unspecified atom stereocenters. The zero-order valence-corrected chi connectivity index (χ0v) is 10.2. The smallest absolute Gasteiger partial charge is 0.387 e. The molecule has 0 spiro atoms. The number of rotatable bonds is 3. The second-order valence-electron chi connectivity index (χ2n) is 3.84. The van der Waals surface area contributed by atoms with Crippen molar-refractivity contribution >= 4 is 5.69 Å². The minimum atomic E-state index is -3.12. The summed E-state index contributed by atoms with van der Waals surface area (Å²) in [6, 6.07) is 1.97. The summed E-state index contributed by atoms with van der Waals surface area (Å²) in [7, 11) is 0. The number of hydrogen-bond donors (Lipinski definition) is 1. The molecule has 1 heterocycles. The zero-order valence-electron chi connectivity index (χ0n) is 10.2.